The van der Waals surface area contributed by atoms with Crippen LogP contribution in [0, 0.1) is 0 Å². The number of nitrogens with zero attached hydrogens (tertiary/aromatic N) is 3. The van der Waals surface area contributed by atoms with E-state index in [9.17, 15) is 14.4 Å². The zero-order chi connectivity index (χ0) is 31.5. The summed E-state index contributed by atoms with van der Waals surface area (Å²) in [6, 6.07) is 10.9. The molecule has 12 heteroatoms. The van der Waals surface area contributed by atoms with Crippen LogP contribution < -0.4 is 4.74 Å². The van der Waals surface area contributed by atoms with E-state index in [1.807, 2.05) is 50.4 Å². The molecular formula is C31H34ClN3O7S. The smallest absolute Gasteiger partial charge is 0.410 e. The number of hydrogen-bond acceptors (Lipinski definition) is 9. The molecule has 1 atom stereocenters. The summed E-state index contributed by atoms with van der Waals surface area (Å²) in [7, 11) is 2.99. The molecule has 0 fully saturated rings. The number of carbonyl (C=O) groups is 3. The molecule has 0 aliphatic heterocycles. The Morgan fingerprint density at radius 1 is 1.12 bits per heavy atom. The Morgan fingerprint density at radius 2 is 1.84 bits per heavy atom. The minimum Gasteiger partial charge on any atom is -0.484 e. The predicted octanol–water partition coefficient (Wildman–Crippen LogP) is 7.07. The van der Waals surface area contributed by atoms with Gasteiger partial charge in [-0.15, -0.1) is 11.3 Å². The van der Waals surface area contributed by atoms with Crippen LogP contribution in [0.4, 0.5) is 4.79 Å². The number of imidazole rings is 1. The molecule has 0 spiro atoms. The van der Waals surface area contributed by atoms with Gasteiger partial charge in [0.25, 0.3) is 0 Å². The molecule has 3 heterocycles. The molecule has 10 nitrogen and oxygen atoms in total. The summed E-state index contributed by atoms with van der Waals surface area (Å²) in [5.41, 5.74) is 3.15. The number of hydrogen-bond donors (Lipinski definition) is 0. The van der Waals surface area contributed by atoms with Crippen molar-refractivity contribution < 1.29 is 33.3 Å². The Kier molecular flexibility index (Phi) is 9.66. The summed E-state index contributed by atoms with van der Waals surface area (Å²) in [6.45, 7) is 9.08. The van der Waals surface area contributed by atoms with E-state index in [1.165, 1.54) is 30.3 Å². The second-order valence-corrected chi connectivity index (χ2v) is 12.4. The molecule has 4 aromatic rings. The third kappa shape index (κ3) is 7.85. The van der Waals surface area contributed by atoms with E-state index in [2.05, 4.69) is 4.98 Å². The number of benzene rings is 1. The molecule has 4 rings (SSSR count). The second-order valence-electron chi connectivity index (χ2n) is 10.9. The van der Waals surface area contributed by atoms with E-state index in [0.29, 0.717) is 33.4 Å². The van der Waals surface area contributed by atoms with Crippen molar-refractivity contribution in [1.82, 2.24) is 14.3 Å². The highest BCUT2D eigenvalue weighted by Gasteiger charge is 2.24. The molecule has 0 unspecified atom stereocenters. The number of ether oxygens (including phenoxy) is 4. The molecular weight excluding hydrogens is 594 g/mol. The van der Waals surface area contributed by atoms with Gasteiger partial charge in [-0.1, -0.05) is 29.8 Å². The van der Waals surface area contributed by atoms with Gasteiger partial charge in [0.15, 0.2) is 4.88 Å². The quantitative estimate of drug-likeness (QED) is 0.143. The van der Waals surface area contributed by atoms with Gasteiger partial charge in [-0.3, -0.25) is 9.20 Å². The predicted molar refractivity (Wildman–Crippen MR) is 164 cm³/mol. The molecule has 228 valence electrons. The molecule has 0 bridgehead atoms. The third-order valence-corrected chi connectivity index (χ3v) is 7.71. The van der Waals surface area contributed by atoms with Crippen LogP contribution >= 0.6 is 22.9 Å². The monoisotopic (exact) mass is 627 g/mol. The van der Waals surface area contributed by atoms with Gasteiger partial charge in [-0.2, -0.15) is 0 Å². The fraction of sp³-hybridized carbons (Fsp3) is 0.355. The number of rotatable bonds is 9. The number of halogens is 1. The number of fused-ring (bicyclic) bond motifs is 1. The third-order valence-electron chi connectivity index (χ3n) is 6.26. The van der Waals surface area contributed by atoms with E-state index in [1.54, 1.807) is 37.5 Å². The van der Waals surface area contributed by atoms with Gasteiger partial charge < -0.3 is 23.8 Å². The Labute approximate surface area is 259 Å². The van der Waals surface area contributed by atoms with Crippen LogP contribution in [0.15, 0.2) is 48.8 Å². The van der Waals surface area contributed by atoms with Gasteiger partial charge in [0.05, 0.1) is 30.4 Å². The summed E-state index contributed by atoms with van der Waals surface area (Å²) in [5.74, 6) is -0.569. The first kappa shape index (κ1) is 31.8. The molecule has 0 saturated heterocycles. The lowest BCUT2D eigenvalue weighted by molar-refractivity contribution is -0.142. The minimum atomic E-state index is -0.597. The molecule has 0 saturated carbocycles. The molecule has 43 heavy (non-hydrogen) atoms. The highest BCUT2D eigenvalue weighted by molar-refractivity contribution is 7.17. The Balaban J connectivity index is 1.61. The van der Waals surface area contributed by atoms with Crippen molar-refractivity contribution in [2.75, 3.05) is 14.2 Å². The fourth-order valence-corrected chi connectivity index (χ4v) is 5.60. The second kappa shape index (κ2) is 13.0. The fourth-order valence-electron chi connectivity index (χ4n) is 4.23. The average molecular weight is 628 g/mol. The largest absolute Gasteiger partial charge is 0.484 e. The van der Waals surface area contributed by atoms with Crippen molar-refractivity contribution in [3.63, 3.8) is 0 Å². The van der Waals surface area contributed by atoms with Gasteiger partial charge in [-0.25, -0.2) is 14.6 Å². The first-order valence-corrected chi connectivity index (χ1v) is 14.7. The van der Waals surface area contributed by atoms with Crippen molar-refractivity contribution in [3.8, 4) is 16.3 Å². The maximum absolute atomic E-state index is 12.7. The number of pyridine rings is 1. The highest BCUT2D eigenvalue weighted by atomic mass is 35.5. The zero-order valence-corrected chi connectivity index (χ0v) is 26.7. The normalized spacial score (nSPS) is 12.1. The van der Waals surface area contributed by atoms with Crippen molar-refractivity contribution in [2.24, 2.45) is 0 Å². The van der Waals surface area contributed by atoms with Crippen molar-refractivity contribution in [2.45, 2.75) is 59.5 Å². The number of aromatic nitrogens is 2. The molecule has 0 radical (unpaired) electrons. The van der Waals surface area contributed by atoms with Gasteiger partial charge in [0.1, 0.15) is 29.7 Å². The van der Waals surface area contributed by atoms with Gasteiger partial charge in [-0.05, 0) is 51.0 Å². The standard InChI is InChI=1S/C31H34ClN3O7S/c1-18(22-10-8-20(12-23(22)32)17-40-19(2)36)41-25-13-26(43-28(25)29(37)39-7)24-14-33-27-11-9-21(16-35(24)27)15-34(6)30(38)42-31(3,4)5/h8-14,16,18H,15,17H2,1-7H3/t18-/m1/s1. The molecule has 0 N–H and O–H groups in total. The molecule has 1 amide bonds. The number of thiophene rings is 1. The van der Waals surface area contributed by atoms with Crippen LogP contribution in [0.3, 0.4) is 0 Å². The minimum absolute atomic E-state index is 0.114. The van der Waals surface area contributed by atoms with Crippen molar-refractivity contribution in [3.05, 3.63) is 75.4 Å². The average Bonchev–Trinajstić information content (AvgIpc) is 3.54. The van der Waals surface area contributed by atoms with Crippen LogP contribution in [0.2, 0.25) is 5.02 Å². The summed E-state index contributed by atoms with van der Waals surface area (Å²) < 4.78 is 23.7. The van der Waals surface area contributed by atoms with E-state index >= 15 is 0 Å². The van der Waals surface area contributed by atoms with Gasteiger partial charge in [0.2, 0.25) is 0 Å². The van der Waals surface area contributed by atoms with Crippen molar-refractivity contribution in [1.29, 1.82) is 0 Å². The SMILES string of the molecule is COC(=O)c1sc(-c2cnc3ccc(CN(C)C(=O)OC(C)(C)C)cn23)cc1O[C@H](C)c1ccc(COC(C)=O)cc1Cl. The molecule has 3 aromatic heterocycles. The Bertz CT molecular complexity index is 1660. The first-order valence-electron chi connectivity index (χ1n) is 13.5. The van der Waals surface area contributed by atoms with E-state index in [-0.39, 0.29) is 12.6 Å². The maximum Gasteiger partial charge on any atom is 0.410 e. The number of amides is 1. The topological polar surface area (TPSA) is 109 Å². The van der Waals surface area contributed by atoms with Crippen molar-refractivity contribution >= 4 is 46.6 Å². The Hall–Kier alpha value is -4.09. The lowest BCUT2D eigenvalue weighted by atomic mass is 10.1. The number of esters is 2. The summed E-state index contributed by atoms with van der Waals surface area (Å²) in [5, 5.41) is 0.442. The lowest BCUT2D eigenvalue weighted by Gasteiger charge is -2.24. The van der Waals surface area contributed by atoms with Crippen LogP contribution in [0.5, 0.6) is 5.75 Å². The van der Waals surface area contributed by atoms with Crippen LogP contribution in [0.25, 0.3) is 16.2 Å². The maximum atomic E-state index is 12.7. The summed E-state index contributed by atoms with van der Waals surface area (Å²) in [4.78, 5) is 43.4. The van der Waals surface area contributed by atoms with Gasteiger partial charge in [0, 0.05) is 36.8 Å². The first-order chi connectivity index (χ1) is 20.3. The number of carbonyl (C=O) groups excluding carboxylic acids is 3. The van der Waals surface area contributed by atoms with Crippen LogP contribution in [-0.2, 0) is 32.2 Å². The highest BCUT2D eigenvalue weighted by Crippen LogP contribution is 2.40. The van der Waals surface area contributed by atoms with Crippen LogP contribution in [0.1, 0.15) is 67.1 Å². The molecule has 0 aliphatic carbocycles. The van der Waals surface area contributed by atoms with E-state index < -0.39 is 23.8 Å². The zero-order valence-electron chi connectivity index (χ0n) is 25.1. The lowest BCUT2D eigenvalue weighted by Crippen LogP contribution is -2.33. The summed E-state index contributed by atoms with van der Waals surface area (Å²) >= 11 is 7.76. The molecule has 1 aromatic carbocycles. The van der Waals surface area contributed by atoms with E-state index in [0.717, 1.165) is 21.7 Å². The van der Waals surface area contributed by atoms with Gasteiger partial charge >= 0.3 is 18.0 Å². The number of methoxy groups -OCH3 is 1. The van der Waals surface area contributed by atoms with E-state index in [4.69, 9.17) is 30.5 Å². The molecule has 0 aliphatic rings. The summed E-state index contributed by atoms with van der Waals surface area (Å²) in [6.07, 6.45) is 2.68. The van der Waals surface area contributed by atoms with Crippen LogP contribution in [-0.4, -0.2) is 52.1 Å². The Morgan fingerprint density at radius 3 is 2.49 bits per heavy atom.